The monoisotopic (exact) mass is 317 g/mol. The molecular formula is C17H23N3O3. The van der Waals surface area contributed by atoms with Crippen molar-refractivity contribution in [2.24, 2.45) is 28.3 Å². The van der Waals surface area contributed by atoms with Crippen LogP contribution in [0.3, 0.4) is 0 Å². The van der Waals surface area contributed by atoms with E-state index in [-0.39, 0.29) is 23.6 Å². The summed E-state index contributed by atoms with van der Waals surface area (Å²) in [5.41, 5.74) is 11.3. The Bertz CT molecular complexity index is 584. The highest BCUT2D eigenvalue weighted by molar-refractivity contribution is 5.94. The second-order valence-corrected chi connectivity index (χ2v) is 5.98. The SMILES string of the molecule is CC(=O)c1ccc(OC(=O)C2CCC(CN=C(N)N)CC2)cc1. The van der Waals surface area contributed by atoms with Gasteiger partial charge < -0.3 is 16.2 Å². The topological polar surface area (TPSA) is 108 Å². The van der Waals surface area contributed by atoms with Gasteiger partial charge in [0.25, 0.3) is 0 Å². The summed E-state index contributed by atoms with van der Waals surface area (Å²) in [6.07, 6.45) is 3.41. The molecule has 6 heteroatoms. The number of nitrogens with two attached hydrogens (primary N) is 2. The lowest BCUT2D eigenvalue weighted by atomic mass is 9.82. The summed E-state index contributed by atoms with van der Waals surface area (Å²) in [5.74, 6) is 0.708. The Balaban J connectivity index is 1.83. The first-order valence-corrected chi connectivity index (χ1v) is 7.83. The van der Waals surface area contributed by atoms with Crippen molar-refractivity contribution in [3.05, 3.63) is 29.8 Å². The molecule has 0 atom stereocenters. The summed E-state index contributed by atoms with van der Waals surface area (Å²) in [6.45, 7) is 2.12. The number of aliphatic imine (C=N–C) groups is 1. The molecule has 4 N–H and O–H groups in total. The summed E-state index contributed by atoms with van der Waals surface area (Å²) < 4.78 is 5.40. The number of carbonyl (C=O) groups is 2. The molecule has 6 nitrogen and oxygen atoms in total. The van der Waals surface area contributed by atoms with Crippen molar-refractivity contribution in [1.82, 2.24) is 0 Å². The molecule has 0 amide bonds. The van der Waals surface area contributed by atoms with Crippen LogP contribution >= 0.6 is 0 Å². The average Bonchev–Trinajstić information content (AvgIpc) is 2.54. The first-order chi connectivity index (χ1) is 11.0. The van der Waals surface area contributed by atoms with Crippen molar-refractivity contribution < 1.29 is 14.3 Å². The Labute approximate surface area is 135 Å². The minimum Gasteiger partial charge on any atom is -0.426 e. The predicted octanol–water partition coefficient (Wildman–Crippen LogP) is 1.87. The van der Waals surface area contributed by atoms with Crippen molar-refractivity contribution in [2.75, 3.05) is 6.54 Å². The molecule has 124 valence electrons. The lowest BCUT2D eigenvalue weighted by Gasteiger charge is -2.26. The molecule has 0 unspecified atom stereocenters. The molecular weight excluding hydrogens is 294 g/mol. The molecule has 0 bridgehead atoms. The Morgan fingerprint density at radius 1 is 1.13 bits per heavy atom. The molecule has 0 spiro atoms. The number of rotatable bonds is 5. The van der Waals surface area contributed by atoms with Crippen LogP contribution in [0.2, 0.25) is 0 Å². The number of ether oxygens (including phenoxy) is 1. The molecule has 1 aromatic rings. The Kier molecular flexibility index (Phi) is 5.73. The van der Waals surface area contributed by atoms with Gasteiger partial charge in [-0.15, -0.1) is 0 Å². The molecule has 1 saturated carbocycles. The van der Waals surface area contributed by atoms with Crippen molar-refractivity contribution in [3.8, 4) is 5.75 Å². The van der Waals surface area contributed by atoms with Gasteiger partial charge in [0, 0.05) is 12.1 Å². The van der Waals surface area contributed by atoms with E-state index in [1.807, 2.05) is 0 Å². The predicted molar refractivity (Wildman–Crippen MR) is 88.2 cm³/mol. The highest BCUT2D eigenvalue weighted by Gasteiger charge is 2.27. The summed E-state index contributed by atoms with van der Waals surface area (Å²) in [7, 11) is 0. The number of hydrogen-bond donors (Lipinski definition) is 2. The van der Waals surface area contributed by atoms with Gasteiger partial charge in [0.2, 0.25) is 0 Å². The van der Waals surface area contributed by atoms with E-state index in [4.69, 9.17) is 16.2 Å². The molecule has 0 aromatic heterocycles. The Hall–Kier alpha value is -2.37. The van der Waals surface area contributed by atoms with Gasteiger partial charge in [-0.2, -0.15) is 0 Å². The van der Waals surface area contributed by atoms with Crippen LogP contribution in [0.25, 0.3) is 0 Å². The maximum absolute atomic E-state index is 12.2. The normalized spacial score (nSPS) is 20.6. The van der Waals surface area contributed by atoms with Crippen molar-refractivity contribution in [3.63, 3.8) is 0 Å². The number of esters is 1. The summed E-state index contributed by atoms with van der Waals surface area (Å²) in [5, 5.41) is 0. The maximum atomic E-state index is 12.2. The van der Waals surface area contributed by atoms with Gasteiger partial charge in [-0.05, 0) is 62.8 Å². The number of guanidine groups is 1. The molecule has 0 saturated heterocycles. The van der Waals surface area contributed by atoms with Crippen molar-refractivity contribution in [1.29, 1.82) is 0 Å². The van der Waals surface area contributed by atoms with E-state index in [9.17, 15) is 9.59 Å². The van der Waals surface area contributed by atoms with Crippen LogP contribution < -0.4 is 16.2 Å². The molecule has 0 heterocycles. The van der Waals surface area contributed by atoms with Gasteiger partial charge in [0.15, 0.2) is 11.7 Å². The van der Waals surface area contributed by atoms with E-state index in [1.54, 1.807) is 24.3 Å². The van der Waals surface area contributed by atoms with Crippen LogP contribution in [-0.2, 0) is 4.79 Å². The van der Waals surface area contributed by atoms with Crippen molar-refractivity contribution in [2.45, 2.75) is 32.6 Å². The summed E-state index contributed by atoms with van der Waals surface area (Å²) in [6, 6.07) is 6.63. The number of hydrogen-bond acceptors (Lipinski definition) is 4. The van der Waals surface area contributed by atoms with Gasteiger partial charge in [-0.1, -0.05) is 0 Å². The van der Waals surface area contributed by atoms with E-state index < -0.39 is 0 Å². The standard InChI is InChI=1S/C17H23N3O3/c1-11(21)13-6-8-15(9-7-13)23-16(22)14-4-2-12(3-5-14)10-20-17(18)19/h6-9,12,14H,2-5,10H2,1H3,(H4,18,19,20). The van der Waals surface area contributed by atoms with Gasteiger partial charge >= 0.3 is 5.97 Å². The van der Waals surface area contributed by atoms with E-state index in [0.717, 1.165) is 25.7 Å². The maximum Gasteiger partial charge on any atom is 0.314 e. The van der Waals surface area contributed by atoms with Gasteiger partial charge in [-0.25, -0.2) is 0 Å². The fourth-order valence-corrected chi connectivity index (χ4v) is 2.77. The minimum atomic E-state index is -0.208. The number of Topliss-reactive ketones (excluding diaryl/α,β-unsaturated/α-hetero) is 1. The Morgan fingerprint density at radius 3 is 2.26 bits per heavy atom. The van der Waals surface area contributed by atoms with Crippen molar-refractivity contribution >= 4 is 17.7 Å². The number of nitrogens with zero attached hydrogens (tertiary/aromatic N) is 1. The number of ketones is 1. The van der Waals surface area contributed by atoms with Gasteiger partial charge in [-0.3, -0.25) is 14.6 Å². The van der Waals surface area contributed by atoms with E-state index in [1.165, 1.54) is 6.92 Å². The quantitative estimate of drug-likeness (QED) is 0.283. The van der Waals surface area contributed by atoms with Gasteiger partial charge in [0.1, 0.15) is 5.75 Å². The second-order valence-electron chi connectivity index (χ2n) is 5.98. The zero-order chi connectivity index (χ0) is 16.8. The highest BCUT2D eigenvalue weighted by atomic mass is 16.5. The van der Waals surface area contributed by atoms with Gasteiger partial charge in [0.05, 0.1) is 5.92 Å². The van der Waals surface area contributed by atoms with Crippen LogP contribution in [0.5, 0.6) is 5.75 Å². The molecule has 0 aliphatic heterocycles. The number of benzene rings is 1. The smallest absolute Gasteiger partial charge is 0.314 e. The Morgan fingerprint density at radius 2 is 1.74 bits per heavy atom. The molecule has 1 aliphatic rings. The molecule has 1 aliphatic carbocycles. The lowest BCUT2D eigenvalue weighted by molar-refractivity contribution is -0.140. The van der Waals surface area contributed by atoms with E-state index >= 15 is 0 Å². The third kappa shape index (κ3) is 5.09. The summed E-state index contributed by atoms with van der Waals surface area (Å²) >= 11 is 0. The average molecular weight is 317 g/mol. The van der Waals surface area contributed by atoms with Crippen LogP contribution in [-0.4, -0.2) is 24.3 Å². The highest BCUT2D eigenvalue weighted by Crippen LogP contribution is 2.30. The minimum absolute atomic E-state index is 0.0121. The first kappa shape index (κ1) is 17.0. The fourth-order valence-electron chi connectivity index (χ4n) is 2.77. The summed E-state index contributed by atoms with van der Waals surface area (Å²) in [4.78, 5) is 27.5. The van der Waals surface area contributed by atoms with Crippen LogP contribution in [0.1, 0.15) is 43.0 Å². The molecule has 1 fully saturated rings. The molecule has 2 rings (SSSR count). The first-order valence-electron chi connectivity index (χ1n) is 7.83. The largest absolute Gasteiger partial charge is 0.426 e. The fraction of sp³-hybridized carbons (Fsp3) is 0.471. The zero-order valence-corrected chi connectivity index (χ0v) is 13.3. The zero-order valence-electron chi connectivity index (χ0n) is 13.3. The van der Waals surface area contributed by atoms with E-state index in [2.05, 4.69) is 4.99 Å². The van der Waals surface area contributed by atoms with Crippen LogP contribution in [0.15, 0.2) is 29.3 Å². The third-order valence-corrected chi connectivity index (χ3v) is 4.19. The molecule has 23 heavy (non-hydrogen) atoms. The lowest BCUT2D eigenvalue weighted by Crippen LogP contribution is -2.28. The third-order valence-electron chi connectivity index (χ3n) is 4.19. The van der Waals surface area contributed by atoms with Crippen LogP contribution in [0, 0.1) is 11.8 Å². The molecule has 1 aromatic carbocycles. The second kappa shape index (κ2) is 7.76. The van der Waals surface area contributed by atoms with Crippen LogP contribution in [0.4, 0.5) is 0 Å². The molecule has 0 radical (unpaired) electrons. The number of carbonyl (C=O) groups excluding carboxylic acids is 2. The van der Waals surface area contributed by atoms with E-state index in [0.29, 0.717) is 23.8 Å².